The molecule has 0 aliphatic rings. The normalized spacial score (nSPS) is 10.1. The van der Waals surface area contributed by atoms with Crippen LogP contribution < -0.4 is 11.1 Å². The van der Waals surface area contributed by atoms with Gasteiger partial charge in [-0.25, -0.2) is 0 Å². The third-order valence-corrected chi connectivity index (χ3v) is 2.24. The molecule has 6 heteroatoms. The van der Waals surface area contributed by atoms with E-state index in [9.17, 15) is 10.1 Å². The van der Waals surface area contributed by atoms with Gasteiger partial charge in [0.15, 0.2) is 5.69 Å². The fourth-order valence-corrected chi connectivity index (χ4v) is 1.36. The first kappa shape index (κ1) is 12.2. The molecule has 1 heterocycles. The molecule has 0 radical (unpaired) electrons. The fourth-order valence-electron chi connectivity index (χ4n) is 1.36. The number of nitrogens with zero attached hydrogens (tertiary/aromatic N) is 2. The number of pyridine rings is 1. The van der Waals surface area contributed by atoms with Crippen LogP contribution in [-0.2, 0) is 0 Å². The lowest BCUT2D eigenvalue weighted by atomic mass is 10.2. The van der Waals surface area contributed by atoms with Crippen LogP contribution in [0.2, 0.25) is 0 Å². The molecule has 0 spiro atoms. The van der Waals surface area contributed by atoms with Gasteiger partial charge in [-0.15, -0.1) is 0 Å². The van der Waals surface area contributed by atoms with Crippen molar-refractivity contribution in [2.75, 3.05) is 17.6 Å². The van der Waals surface area contributed by atoms with Crippen LogP contribution in [0.25, 0.3) is 0 Å². The number of aromatic nitrogens is 1. The van der Waals surface area contributed by atoms with Gasteiger partial charge < -0.3 is 21.2 Å². The standard InChI is InChI=1S/C10H16N4O2/c1-2-3-4-6-12-8-5-7-13-10(9(8)11)14(15)16/h5,7H,2-4,6,11H2,1H3,(H,12,13). The average molecular weight is 224 g/mol. The second-order valence-electron chi connectivity index (χ2n) is 3.49. The van der Waals surface area contributed by atoms with Crippen LogP contribution in [0.3, 0.4) is 0 Å². The van der Waals surface area contributed by atoms with Gasteiger partial charge in [0.2, 0.25) is 0 Å². The van der Waals surface area contributed by atoms with E-state index >= 15 is 0 Å². The maximum atomic E-state index is 10.6. The summed E-state index contributed by atoms with van der Waals surface area (Å²) in [7, 11) is 0. The van der Waals surface area contributed by atoms with Crippen LogP contribution in [0, 0.1) is 10.1 Å². The Bertz CT molecular complexity index is 368. The smallest absolute Gasteiger partial charge is 0.388 e. The molecule has 0 bridgehead atoms. The lowest BCUT2D eigenvalue weighted by Crippen LogP contribution is -2.07. The van der Waals surface area contributed by atoms with Crippen LogP contribution >= 0.6 is 0 Å². The van der Waals surface area contributed by atoms with Gasteiger partial charge in [-0.05, 0) is 16.3 Å². The summed E-state index contributed by atoms with van der Waals surface area (Å²) in [5, 5.41) is 13.7. The molecule has 0 aromatic carbocycles. The highest BCUT2D eigenvalue weighted by Crippen LogP contribution is 2.26. The van der Waals surface area contributed by atoms with Crippen molar-refractivity contribution < 1.29 is 4.92 Å². The first-order valence-electron chi connectivity index (χ1n) is 5.29. The Hall–Kier alpha value is -1.85. The maximum Gasteiger partial charge on any atom is 0.388 e. The summed E-state index contributed by atoms with van der Waals surface area (Å²) >= 11 is 0. The number of nitrogens with two attached hydrogens (primary N) is 1. The Morgan fingerprint density at radius 2 is 2.31 bits per heavy atom. The van der Waals surface area contributed by atoms with Gasteiger partial charge in [0, 0.05) is 12.6 Å². The number of unbranched alkanes of at least 4 members (excludes halogenated alkanes) is 2. The predicted octanol–water partition coefficient (Wildman–Crippen LogP) is 2.17. The van der Waals surface area contributed by atoms with Gasteiger partial charge in [-0.2, -0.15) is 0 Å². The number of anilines is 2. The minimum atomic E-state index is -0.577. The highest BCUT2D eigenvalue weighted by atomic mass is 16.6. The van der Waals surface area contributed by atoms with Crippen molar-refractivity contribution in [3.05, 3.63) is 22.4 Å². The van der Waals surface area contributed by atoms with Crippen LogP contribution in [-0.4, -0.2) is 16.5 Å². The molecule has 0 unspecified atom stereocenters. The zero-order chi connectivity index (χ0) is 12.0. The van der Waals surface area contributed by atoms with Gasteiger partial charge >= 0.3 is 5.82 Å². The van der Waals surface area contributed by atoms with Crippen LogP contribution in [0.15, 0.2) is 12.3 Å². The van der Waals surface area contributed by atoms with E-state index < -0.39 is 4.92 Å². The zero-order valence-corrected chi connectivity index (χ0v) is 9.27. The van der Waals surface area contributed by atoms with Crippen molar-refractivity contribution in [3.8, 4) is 0 Å². The molecule has 88 valence electrons. The molecule has 0 fully saturated rings. The monoisotopic (exact) mass is 224 g/mol. The van der Waals surface area contributed by atoms with Crippen LogP contribution in [0.5, 0.6) is 0 Å². The molecular formula is C10H16N4O2. The van der Waals surface area contributed by atoms with Crippen molar-refractivity contribution in [1.82, 2.24) is 4.98 Å². The number of nitrogens with one attached hydrogen (secondary N) is 1. The Kier molecular flexibility index (Phi) is 4.50. The van der Waals surface area contributed by atoms with E-state index in [1.165, 1.54) is 6.20 Å². The molecule has 0 amide bonds. The first-order valence-corrected chi connectivity index (χ1v) is 5.29. The van der Waals surface area contributed by atoms with E-state index in [1.54, 1.807) is 6.07 Å². The average Bonchev–Trinajstić information content (AvgIpc) is 2.26. The molecule has 0 aliphatic carbocycles. The second kappa shape index (κ2) is 5.89. The van der Waals surface area contributed by atoms with Gasteiger partial charge in [0.1, 0.15) is 6.20 Å². The largest absolute Gasteiger partial charge is 0.390 e. The lowest BCUT2D eigenvalue weighted by molar-refractivity contribution is -0.388. The summed E-state index contributed by atoms with van der Waals surface area (Å²) in [5.41, 5.74) is 6.31. The Morgan fingerprint density at radius 3 is 2.94 bits per heavy atom. The SMILES string of the molecule is CCCCCNc1ccnc([N+](=O)[O-])c1N. The summed E-state index contributed by atoms with van der Waals surface area (Å²) in [4.78, 5) is 13.6. The highest BCUT2D eigenvalue weighted by Gasteiger charge is 2.15. The minimum Gasteiger partial charge on any atom is -0.390 e. The molecule has 0 saturated heterocycles. The number of hydrogen-bond acceptors (Lipinski definition) is 5. The molecule has 1 rings (SSSR count). The highest BCUT2D eigenvalue weighted by molar-refractivity contribution is 5.73. The molecule has 0 aliphatic heterocycles. The van der Waals surface area contributed by atoms with Gasteiger partial charge in [0.25, 0.3) is 0 Å². The van der Waals surface area contributed by atoms with Crippen molar-refractivity contribution in [2.24, 2.45) is 0 Å². The Morgan fingerprint density at radius 1 is 1.56 bits per heavy atom. The molecule has 1 aromatic heterocycles. The fraction of sp³-hybridized carbons (Fsp3) is 0.500. The number of hydrogen-bond donors (Lipinski definition) is 2. The van der Waals surface area contributed by atoms with Crippen molar-refractivity contribution >= 4 is 17.2 Å². The zero-order valence-electron chi connectivity index (χ0n) is 9.27. The predicted molar refractivity (Wildman–Crippen MR) is 63.3 cm³/mol. The molecule has 16 heavy (non-hydrogen) atoms. The summed E-state index contributed by atoms with van der Waals surface area (Å²) in [6.45, 7) is 2.88. The van der Waals surface area contributed by atoms with E-state index in [2.05, 4.69) is 17.2 Å². The molecule has 6 nitrogen and oxygen atoms in total. The van der Waals surface area contributed by atoms with Crippen molar-refractivity contribution in [1.29, 1.82) is 0 Å². The van der Waals surface area contributed by atoms with E-state index in [1.807, 2.05) is 0 Å². The van der Waals surface area contributed by atoms with Crippen LogP contribution in [0.1, 0.15) is 26.2 Å². The summed E-state index contributed by atoms with van der Waals surface area (Å²) < 4.78 is 0. The van der Waals surface area contributed by atoms with E-state index in [-0.39, 0.29) is 11.5 Å². The maximum absolute atomic E-state index is 10.6. The first-order chi connectivity index (χ1) is 7.66. The molecular weight excluding hydrogens is 208 g/mol. The minimum absolute atomic E-state index is 0.101. The third-order valence-electron chi connectivity index (χ3n) is 2.24. The van der Waals surface area contributed by atoms with Crippen LogP contribution in [0.4, 0.5) is 17.2 Å². The summed E-state index contributed by atoms with van der Waals surface area (Å²) in [6.07, 6.45) is 4.66. The molecule has 1 aromatic rings. The quantitative estimate of drug-likeness (QED) is 0.438. The second-order valence-corrected chi connectivity index (χ2v) is 3.49. The van der Waals surface area contributed by atoms with Crippen molar-refractivity contribution in [2.45, 2.75) is 26.2 Å². The topological polar surface area (TPSA) is 94.1 Å². The third kappa shape index (κ3) is 3.08. The molecule has 0 atom stereocenters. The summed E-state index contributed by atoms with van der Waals surface area (Å²) in [6, 6.07) is 1.65. The molecule has 0 saturated carbocycles. The van der Waals surface area contributed by atoms with Gasteiger partial charge in [0.05, 0.1) is 5.69 Å². The number of rotatable bonds is 6. The van der Waals surface area contributed by atoms with Gasteiger partial charge in [-0.1, -0.05) is 19.8 Å². The van der Waals surface area contributed by atoms with Crippen molar-refractivity contribution in [3.63, 3.8) is 0 Å². The molecule has 3 N–H and O–H groups in total. The Balaban J connectivity index is 2.66. The van der Waals surface area contributed by atoms with Gasteiger partial charge in [-0.3, -0.25) is 0 Å². The number of nitrogen functional groups attached to an aromatic ring is 1. The van der Waals surface area contributed by atoms with E-state index in [0.717, 1.165) is 25.8 Å². The number of nitro groups is 1. The Labute approximate surface area is 94.0 Å². The summed E-state index contributed by atoms with van der Waals surface area (Å²) in [5.74, 6) is -0.291. The lowest BCUT2D eigenvalue weighted by Gasteiger charge is -2.07. The van der Waals surface area contributed by atoms with E-state index in [4.69, 9.17) is 5.73 Å². The van der Waals surface area contributed by atoms with E-state index in [0.29, 0.717) is 5.69 Å².